The van der Waals surface area contributed by atoms with Gasteiger partial charge >= 0.3 is 0 Å². The van der Waals surface area contributed by atoms with Crippen molar-refractivity contribution in [3.63, 3.8) is 0 Å². The van der Waals surface area contributed by atoms with Crippen molar-refractivity contribution in [2.24, 2.45) is 0 Å². The van der Waals surface area contributed by atoms with Crippen molar-refractivity contribution in [1.82, 2.24) is 5.32 Å². The molecule has 0 aliphatic carbocycles. The van der Waals surface area contributed by atoms with Gasteiger partial charge in [0.1, 0.15) is 5.82 Å². The van der Waals surface area contributed by atoms with E-state index in [0.29, 0.717) is 6.42 Å². The Labute approximate surface area is 123 Å². The lowest BCUT2D eigenvalue weighted by molar-refractivity contribution is 0.0651. The third-order valence-electron chi connectivity index (χ3n) is 3.27. The van der Waals surface area contributed by atoms with Gasteiger partial charge in [-0.15, -0.1) is 0 Å². The Kier molecular flexibility index (Phi) is 7.57. The van der Waals surface area contributed by atoms with Crippen LogP contribution in [0.3, 0.4) is 0 Å². The zero-order valence-corrected chi connectivity index (χ0v) is 13.5. The first-order valence-electron chi connectivity index (χ1n) is 6.82. The maximum Gasteiger partial charge on any atom is 0.127 e. The van der Waals surface area contributed by atoms with Crippen LogP contribution in [0, 0.1) is 5.82 Å². The lowest BCUT2D eigenvalue weighted by atomic mass is 9.99. The van der Waals surface area contributed by atoms with Crippen molar-refractivity contribution in [2.75, 3.05) is 13.7 Å². The Balaban J connectivity index is 2.80. The monoisotopic (exact) mass is 331 g/mol. The fraction of sp³-hybridized carbons (Fsp3) is 0.600. The first kappa shape index (κ1) is 16.6. The van der Waals surface area contributed by atoms with Crippen molar-refractivity contribution >= 4 is 15.9 Å². The first-order valence-corrected chi connectivity index (χ1v) is 7.61. The molecule has 1 rings (SSSR count). The van der Waals surface area contributed by atoms with Crippen LogP contribution in [0.2, 0.25) is 0 Å². The topological polar surface area (TPSA) is 21.3 Å². The molecule has 2 atom stereocenters. The Bertz CT molecular complexity index is 382. The summed E-state index contributed by atoms with van der Waals surface area (Å²) in [6.07, 6.45) is 2.72. The molecular weight excluding hydrogens is 309 g/mol. The molecule has 2 nitrogen and oxygen atoms in total. The van der Waals surface area contributed by atoms with E-state index in [1.165, 1.54) is 6.07 Å². The van der Waals surface area contributed by atoms with Crippen LogP contribution in [0.5, 0.6) is 0 Å². The molecule has 4 heteroatoms. The second kappa shape index (κ2) is 8.67. The van der Waals surface area contributed by atoms with Crippen LogP contribution in [-0.2, 0) is 11.2 Å². The molecule has 1 N–H and O–H groups in total. The maximum absolute atomic E-state index is 13.9. The van der Waals surface area contributed by atoms with Crippen LogP contribution in [0.15, 0.2) is 22.7 Å². The number of hydrogen-bond donors (Lipinski definition) is 1. The molecule has 2 unspecified atom stereocenters. The third-order valence-corrected chi connectivity index (χ3v) is 3.76. The molecule has 0 heterocycles. The predicted molar refractivity (Wildman–Crippen MR) is 81.0 cm³/mol. The van der Waals surface area contributed by atoms with Gasteiger partial charge in [0.15, 0.2) is 0 Å². The molecule has 0 bridgehead atoms. The van der Waals surface area contributed by atoms with Gasteiger partial charge in [-0.2, -0.15) is 0 Å². The minimum Gasteiger partial charge on any atom is -0.380 e. The van der Waals surface area contributed by atoms with Crippen LogP contribution in [0.25, 0.3) is 0 Å². The van der Waals surface area contributed by atoms with Gasteiger partial charge in [0.25, 0.3) is 0 Å². The molecule has 1 aromatic rings. The standard InChI is InChI=1S/C15H23BrFNO/c1-4-8-18-14(15(5-2)19-3)9-11-6-7-12(16)10-13(11)17/h6-7,10,14-15,18H,4-5,8-9H2,1-3H3. The summed E-state index contributed by atoms with van der Waals surface area (Å²) in [4.78, 5) is 0. The minimum absolute atomic E-state index is 0.106. The molecule has 108 valence electrons. The SMILES string of the molecule is CCCNC(Cc1ccc(Br)cc1F)C(CC)OC. The Morgan fingerprint density at radius 1 is 1.37 bits per heavy atom. The molecule has 0 saturated carbocycles. The highest BCUT2D eigenvalue weighted by molar-refractivity contribution is 9.10. The van der Waals surface area contributed by atoms with Crippen molar-refractivity contribution in [1.29, 1.82) is 0 Å². The number of halogens is 2. The zero-order valence-electron chi connectivity index (χ0n) is 11.9. The molecule has 0 saturated heterocycles. The van der Waals surface area contributed by atoms with E-state index < -0.39 is 0 Å². The van der Waals surface area contributed by atoms with Gasteiger partial charge in [-0.25, -0.2) is 4.39 Å². The normalized spacial score (nSPS) is 14.4. The van der Waals surface area contributed by atoms with Crippen LogP contribution >= 0.6 is 15.9 Å². The minimum atomic E-state index is -0.163. The summed E-state index contributed by atoms with van der Waals surface area (Å²) in [7, 11) is 1.72. The molecule has 0 fully saturated rings. The van der Waals surface area contributed by atoms with E-state index in [-0.39, 0.29) is 18.0 Å². The zero-order chi connectivity index (χ0) is 14.3. The second-order valence-corrected chi connectivity index (χ2v) is 5.60. The van der Waals surface area contributed by atoms with Gasteiger partial charge in [0.05, 0.1) is 6.10 Å². The maximum atomic E-state index is 13.9. The van der Waals surface area contributed by atoms with E-state index in [0.717, 1.165) is 29.4 Å². The largest absolute Gasteiger partial charge is 0.380 e. The highest BCUT2D eigenvalue weighted by Crippen LogP contribution is 2.18. The second-order valence-electron chi connectivity index (χ2n) is 4.68. The molecule has 0 aliphatic heterocycles. The van der Waals surface area contributed by atoms with Gasteiger partial charge in [0, 0.05) is 17.6 Å². The average Bonchev–Trinajstić information content (AvgIpc) is 2.39. The summed E-state index contributed by atoms with van der Waals surface area (Å²) < 4.78 is 20.2. The highest BCUT2D eigenvalue weighted by Gasteiger charge is 2.20. The molecule has 1 aromatic carbocycles. The number of nitrogens with one attached hydrogen (secondary N) is 1. The Morgan fingerprint density at radius 3 is 2.63 bits per heavy atom. The lowest BCUT2D eigenvalue weighted by Crippen LogP contribution is -2.42. The molecular formula is C15H23BrFNO. The summed E-state index contributed by atoms with van der Waals surface area (Å²) in [5.41, 5.74) is 0.729. The average molecular weight is 332 g/mol. The summed E-state index contributed by atoms with van der Waals surface area (Å²) in [5, 5.41) is 3.46. The van der Waals surface area contributed by atoms with E-state index in [1.807, 2.05) is 12.1 Å². The van der Waals surface area contributed by atoms with Crippen LogP contribution in [0.1, 0.15) is 32.3 Å². The van der Waals surface area contributed by atoms with Gasteiger partial charge < -0.3 is 10.1 Å². The van der Waals surface area contributed by atoms with E-state index in [9.17, 15) is 4.39 Å². The van der Waals surface area contributed by atoms with Crippen molar-refractivity contribution in [3.05, 3.63) is 34.1 Å². The molecule has 19 heavy (non-hydrogen) atoms. The number of methoxy groups -OCH3 is 1. The van der Waals surface area contributed by atoms with E-state index >= 15 is 0 Å². The number of rotatable bonds is 8. The van der Waals surface area contributed by atoms with E-state index in [2.05, 4.69) is 35.1 Å². The van der Waals surface area contributed by atoms with Crippen LogP contribution in [-0.4, -0.2) is 25.8 Å². The third kappa shape index (κ3) is 5.21. The summed E-state index contributed by atoms with van der Waals surface area (Å²) in [6.45, 7) is 5.13. The smallest absolute Gasteiger partial charge is 0.127 e. The quantitative estimate of drug-likeness (QED) is 0.779. The van der Waals surface area contributed by atoms with Crippen molar-refractivity contribution < 1.29 is 9.13 Å². The van der Waals surface area contributed by atoms with Gasteiger partial charge in [0.2, 0.25) is 0 Å². The molecule has 0 amide bonds. The lowest BCUT2D eigenvalue weighted by Gasteiger charge is -2.26. The Hall–Kier alpha value is -0.450. The highest BCUT2D eigenvalue weighted by atomic mass is 79.9. The summed E-state index contributed by atoms with van der Waals surface area (Å²) >= 11 is 3.28. The summed E-state index contributed by atoms with van der Waals surface area (Å²) in [5.74, 6) is -0.163. The summed E-state index contributed by atoms with van der Waals surface area (Å²) in [6, 6.07) is 5.37. The number of ether oxygens (including phenoxy) is 1. The van der Waals surface area contributed by atoms with Crippen LogP contribution in [0.4, 0.5) is 4.39 Å². The van der Waals surface area contributed by atoms with Crippen molar-refractivity contribution in [3.8, 4) is 0 Å². The molecule has 0 spiro atoms. The van der Waals surface area contributed by atoms with Gasteiger partial charge in [-0.05, 0) is 43.5 Å². The van der Waals surface area contributed by atoms with Crippen molar-refractivity contribution in [2.45, 2.75) is 45.3 Å². The van der Waals surface area contributed by atoms with Gasteiger partial charge in [-0.1, -0.05) is 35.8 Å². The molecule has 0 radical (unpaired) electrons. The van der Waals surface area contributed by atoms with E-state index in [1.54, 1.807) is 7.11 Å². The fourth-order valence-electron chi connectivity index (χ4n) is 2.20. The Morgan fingerprint density at radius 2 is 2.11 bits per heavy atom. The molecule has 0 aliphatic rings. The fourth-order valence-corrected chi connectivity index (χ4v) is 2.54. The van der Waals surface area contributed by atoms with Crippen LogP contribution < -0.4 is 5.32 Å². The van der Waals surface area contributed by atoms with Gasteiger partial charge in [-0.3, -0.25) is 0 Å². The predicted octanol–water partition coefficient (Wildman–Crippen LogP) is 3.92. The first-order chi connectivity index (χ1) is 9.12. The number of hydrogen-bond acceptors (Lipinski definition) is 2. The van der Waals surface area contributed by atoms with E-state index in [4.69, 9.17) is 4.74 Å². The number of benzene rings is 1. The molecule has 0 aromatic heterocycles.